The predicted octanol–water partition coefficient (Wildman–Crippen LogP) is 19.5. The number of esters is 3. The Kier molecular flexibility index (Phi) is 54.3. The van der Waals surface area contributed by atoms with E-state index >= 15 is 0 Å². The molecular weight excluding hydrogens is 853 g/mol. The third kappa shape index (κ3) is 55.4. The van der Waals surface area contributed by atoms with Crippen molar-refractivity contribution in [2.24, 2.45) is 0 Å². The van der Waals surface area contributed by atoms with E-state index in [1.165, 1.54) is 116 Å². The largest absolute Gasteiger partial charge is 0.462 e. The first-order chi connectivity index (χ1) is 34.0. The molecule has 0 amide bonds. The van der Waals surface area contributed by atoms with Crippen molar-refractivity contribution < 1.29 is 28.6 Å². The molecule has 0 saturated heterocycles. The second-order valence-corrected chi connectivity index (χ2v) is 19.2. The van der Waals surface area contributed by atoms with Crippen LogP contribution in [0.15, 0.2) is 85.1 Å². The Morgan fingerprint density at radius 1 is 0.304 bits per heavy atom. The number of allylic oxidation sites excluding steroid dienone is 14. The first-order valence-corrected chi connectivity index (χ1v) is 29.1. The highest BCUT2D eigenvalue weighted by atomic mass is 16.6. The summed E-state index contributed by atoms with van der Waals surface area (Å²) in [5, 5.41) is 0. The summed E-state index contributed by atoms with van der Waals surface area (Å²) in [7, 11) is 0. The summed E-state index contributed by atoms with van der Waals surface area (Å²) in [6.07, 6.45) is 74.2. The number of hydrogen-bond donors (Lipinski definition) is 0. The van der Waals surface area contributed by atoms with Crippen LogP contribution in [-0.2, 0) is 28.6 Å². The Labute approximate surface area is 426 Å². The minimum Gasteiger partial charge on any atom is -0.462 e. The van der Waals surface area contributed by atoms with Gasteiger partial charge in [-0.05, 0) is 96.3 Å². The molecule has 0 aliphatic heterocycles. The summed E-state index contributed by atoms with van der Waals surface area (Å²) in [5.41, 5.74) is 0. The number of rotatable bonds is 52. The monoisotopic (exact) mass is 961 g/mol. The van der Waals surface area contributed by atoms with Crippen LogP contribution in [0.25, 0.3) is 0 Å². The fourth-order valence-corrected chi connectivity index (χ4v) is 8.03. The molecule has 6 heteroatoms. The summed E-state index contributed by atoms with van der Waals surface area (Å²) in [6.45, 7) is 6.48. The molecule has 0 unspecified atom stereocenters. The third-order valence-corrected chi connectivity index (χ3v) is 12.4. The molecule has 1 atom stereocenters. The fraction of sp³-hybridized carbons (Fsp3) is 0.730. The van der Waals surface area contributed by atoms with Gasteiger partial charge in [-0.15, -0.1) is 0 Å². The third-order valence-electron chi connectivity index (χ3n) is 12.4. The lowest BCUT2D eigenvalue weighted by atomic mass is 10.0. The van der Waals surface area contributed by atoms with Crippen molar-refractivity contribution in [3.63, 3.8) is 0 Å². The summed E-state index contributed by atoms with van der Waals surface area (Å²) >= 11 is 0. The summed E-state index contributed by atoms with van der Waals surface area (Å²) in [6, 6.07) is 0. The maximum Gasteiger partial charge on any atom is 0.306 e. The van der Waals surface area contributed by atoms with Crippen LogP contribution < -0.4 is 0 Å². The van der Waals surface area contributed by atoms with Crippen molar-refractivity contribution in [3.8, 4) is 0 Å². The van der Waals surface area contributed by atoms with E-state index in [4.69, 9.17) is 14.2 Å². The summed E-state index contributed by atoms with van der Waals surface area (Å²) in [5.74, 6) is -0.930. The van der Waals surface area contributed by atoms with Crippen LogP contribution in [0.2, 0.25) is 0 Å². The van der Waals surface area contributed by atoms with E-state index < -0.39 is 6.10 Å². The van der Waals surface area contributed by atoms with Crippen LogP contribution >= 0.6 is 0 Å². The van der Waals surface area contributed by atoms with Crippen LogP contribution in [0.3, 0.4) is 0 Å². The van der Waals surface area contributed by atoms with Crippen molar-refractivity contribution >= 4 is 17.9 Å². The molecule has 6 nitrogen and oxygen atoms in total. The van der Waals surface area contributed by atoms with Gasteiger partial charge in [-0.25, -0.2) is 0 Å². The fourth-order valence-electron chi connectivity index (χ4n) is 8.03. The molecule has 0 rings (SSSR count). The highest BCUT2D eigenvalue weighted by molar-refractivity contribution is 5.71. The Bertz CT molecular complexity index is 1330. The molecule has 0 radical (unpaired) electrons. The molecule has 69 heavy (non-hydrogen) atoms. The SMILES string of the molecule is CC/C=C\C/C=C\C/C=C\C/C=C\CCCCCCC(=O)OC[C@H](COC(=O)CCCCCCCCCCCCCCCCCCC)OC(=O)CCCCCC/C=C\C/C=C\C/C=C\CCCCC. The van der Waals surface area contributed by atoms with Gasteiger partial charge in [-0.3, -0.25) is 14.4 Å². The standard InChI is InChI=1S/C63H108O6/c1-4-7-10-13-16-19-22-25-28-31-34-37-40-43-46-49-52-55-61(64)67-58-60(69-63(66)57-54-51-48-45-42-39-36-33-30-27-24-21-18-15-12-9-6-3)59-68-62(65)56-53-50-47-44-41-38-35-32-29-26-23-20-17-14-11-8-5-2/h7,10,16,18-19,21,25,27-28,30,34,36-37,39,60H,4-6,8-9,11-15,17,20,22-24,26,29,31-33,35,38,40-59H2,1-3H3/b10-7-,19-16-,21-18-,28-25-,30-27-,37-34-,39-36-/t60-/m1/s1. The van der Waals surface area contributed by atoms with Gasteiger partial charge in [0.1, 0.15) is 13.2 Å². The molecule has 0 aliphatic rings. The normalized spacial score (nSPS) is 12.7. The highest BCUT2D eigenvalue weighted by Gasteiger charge is 2.19. The quantitative estimate of drug-likeness (QED) is 0.0262. The second-order valence-electron chi connectivity index (χ2n) is 19.2. The number of carbonyl (C=O) groups excluding carboxylic acids is 3. The van der Waals surface area contributed by atoms with Crippen molar-refractivity contribution in [1.82, 2.24) is 0 Å². The van der Waals surface area contributed by atoms with Crippen LogP contribution in [0.4, 0.5) is 0 Å². The smallest absolute Gasteiger partial charge is 0.306 e. The molecule has 0 aromatic heterocycles. The number of carbonyl (C=O) groups is 3. The topological polar surface area (TPSA) is 78.9 Å². The van der Waals surface area contributed by atoms with Gasteiger partial charge >= 0.3 is 17.9 Å². The van der Waals surface area contributed by atoms with Gasteiger partial charge in [0.05, 0.1) is 0 Å². The highest BCUT2D eigenvalue weighted by Crippen LogP contribution is 2.16. The van der Waals surface area contributed by atoms with Gasteiger partial charge in [0, 0.05) is 19.3 Å². The van der Waals surface area contributed by atoms with Crippen LogP contribution in [0, 0.1) is 0 Å². The first kappa shape index (κ1) is 65.6. The van der Waals surface area contributed by atoms with E-state index in [1.54, 1.807) is 0 Å². The lowest BCUT2D eigenvalue weighted by Gasteiger charge is -2.18. The molecule has 396 valence electrons. The van der Waals surface area contributed by atoms with E-state index in [-0.39, 0.29) is 31.1 Å². The molecule has 0 aromatic rings. The zero-order valence-electron chi connectivity index (χ0n) is 45.3. The van der Waals surface area contributed by atoms with E-state index in [0.717, 1.165) is 122 Å². The molecule has 0 fully saturated rings. The molecule has 0 saturated carbocycles. The Hall–Kier alpha value is -3.41. The number of hydrogen-bond acceptors (Lipinski definition) is 6. The molecule has 0 bridgehead atoms. The van der Waals surface area contributed by atoms with E-state index in [2.05, 4.69) is 106 Å². The molecule has 0 aromatic carbocycles. The molecule has 0 heterocycles. The predicted molar refractivity (Wildman–Crippen MR) is 297 cm³/mol. The maximum absolute atomic E-state index is 12.9. The lowest BCUT2D eigenvalue weighted by Crippen LogP contribution is -2.30. The van der Waals surface area contributed by atoms with Crippen molar-refractivity contribution in [2.75, 3.05) is 13.2 Å². The van der Waals surface area contributed by atoms with Crippen molar-refractivity contribution in [3.05, 3.63) is 85.1 Å². The lowest BCUT2D eigenvalue weighted by molar-refractivity contribution is -0.167. The van der Waals surface area contributed by atoms with Crippen molar-refractivity contribution in [2.45, 2.75) is 284 Å². The summed E-state index contributed by atoms with van der Waals surface area (Å²) in [4.78, 5) is 38.2. The van der Waals surface area contributed by atoms with Gasteiger partial charge in [-0.1, -0.05) is 247 Å². The van der Waals surface area contributed by atoms with Crippen LogP contribution in [0.5, 0.6) is 0 Å². The average Bonchev–Trinajstić information content (AvgIpc) is 3.35. The van der Waals surface area contributed by atoms with Crippen LogP contribution in [0.1, 0.15) is 278 Å². The van der Waals surface area contributed by atoms with Gasteiger partial charge in [0.15, 0.2) is 6.10 Å². The minimum atomic E-state index is -0.798. The van der Waals surface area contributed by atoms with E-state index in [1.807, 2.05) is 0 Å². The number of unbranched alkanes of at least 4 members (excludes halogenated alkanes) is 27. The van der Waals surface area contributed by atoms with Gasteiger partial charge in [0.2, 0.25) is 0 Å². The summed E-state index contributed by atoms with van der Waals surface area (Å²) < 4.78 is 16.8. The van der Waals surface area contributed by atoms with Crippen molar-refractivity contribution in [1.29, 1.82) is 0 Å². The van der Waals surface area contributed by atoms with Gasteiger partial charge < -0.3 is 14.2 Å². The maximum atomic E-state index is 12.9. The van der Waals surface area contributed by atoms with Gasteiger partial charge in [0.25, 0.3) is 0 Å². The second kappa shape index (κ2) is 57.2. The molecular formula is C63H108O6. The Morgan fingerprint density at radius 3 is 0.913 bits per heavy atom. The van der Waals surface area contributed by atoms with Crippen LogP contribution in [-0.4, -0.2) is 37.2 Å². The minimum absolute atomic E-state index is 0.0919. The first-order valence-electron chi connectivity index (χ1n) is 29.1. The zero-order chi connectivity index (χ0) is 50.0. The number of ether oxygens (including phenoxy) is 3. The van der Waals surface area contributed by atoms with E-state index in [0.29, 0.717) is 19.3 Å². The average molecular weight is 962 g/mol. The van der Waals surface area contributed by atoms with E-state index in [9.17, 15) is 14.4 Å². The zero-order valence-corrected chi connectivity index (χ0v) is 45.3. The molecule has 0 N–H and O–H groups in total. The Balaban J connectivity index is 4.45. The Morgan fingerprint density at radius 2 is 0.565 bits per heavy atom. The molecule has 0 aliphatic carbocycles. The molecule has 0 spiro atoms. The van der Waals surface area contributed by atoms with Gasteiger partial charge in [-0.2, -0.15) is 0 Å².